The summed E-state index contributed by atoms with van der Waals surface area (Å²) in [5, 5.41) is 0. The molecule has 0 aromatic carbocycles. The van der Waals surface area contributed by atoms with Crippen molar-refractivity contribution >= 4 is 16.0 Å². The molecule has 0 heterocycles. The minimum Gasteiger partial charge on any atom is -0.370 e. The summed E-state index contributed by atoms with van der Waals surface area (Å²) >= 11 is 0. The van der Waals surface area contributed by atoms with Crippen LogP contribution in [0.4, 0.5) is 0 Å². The van der Waals surface area contributed by atoms with Gasteiger partial charge >= 0.3 is 0 Å². The van der Waals surface area contributed by atoms with Crippen LogP contribution in [0.3, 0.4) is 0 Å². The second kappa shape index (κ2) is 2.76. The van der Waals surface area contributed by atoms with E-state index in [0.717, 1.165) is 6.92 Å². The van der Waals surface area contributed by atoms with Crippen molar-refractivity contribution in [2.24, 2.45) is 11.5 Å². The number of primary amides is 1. The normalized spacial score (nSPS) is 17.4. The highest BCUT2D eigenvalue weighted by molar-refractivity contribution is 7.87. The van der Waals surface area contributed by atoms with Gasteiger partial charge in [-0.1, -0.05) is 0 Å². The van der Waals surface area contributed by atoms with Gasteiger partial charge in [0.25, 0.3) is 10.1 Å². The van der Waals surface area contributed by atoms with Crippen LogP contribution >= 0.6 is 0 Å². The van der Waals surface area contributed by atoms with Crippen molar-refractivity contribution in [1.82, 2.24) is 0 Å². The first-order valence-electron chi connectivity index (χ1n) is 2.71. The number of nitrogens with two attached hydrogens (primary N) is 2. The van der Waals surface area contributed by atoms with E-state index in [2.05, 4.69) is 5.73 Å². The van der Waals surface area contributed by atoms with Crippen molar-refractivity contribution in [3.8, 4) is 0 Å². The lowest BCUT2D eigenvalue weighted by Gasteiger charge is -2.17. The van der Waals surface area contributed by atoms with Gasteiger partial charge in [-0.3, -0.25) is 9.35 Å². The van der Waals surface area contributed by atoms with Crippen LogP contribution in [-0.4, -0.2) is 23.7 Å². The van der Waals surface area contributed by atoms with Gasteiger partial charge in [-0.05, 0) is 6.92 Å². The number of hydrogen-bond donors (Lipinski definition) is 3. The molecule has 11 heavy (non-hydrogen) atoms. The first-order chi connectivity index (χ1) is 4.67. The highest BCUT2D eigenvalue weighted by atomic mass is 32.2. The van der Waals surface area contributed by atoms with Crippen LogP contribution in [0.1, 0.15) is 13.3 Å². The van der Waals surface area contributed by atoms with Gasteiger partial charge in [0.05, 0.1) is 6.42 Å². The molecule has 1 amide bonds. The Bertz CT molecular complexity index is 255. The van der Waals surface area contributed by atoms with Crippen molar-refractivity contribution in [3.63, 3.8) is 0 Å². The molecule has 5 N–H and O–H groups in total. The molecule has 0 fully saturated rings. The van der Waals surface area contributed by atoms with E-state index >= 15 is 0 Å². The zero-order chi connectivity index (χ0) is 9.28. The van der Waals surface area contributed by atoms with Gasteiger partial charge < -0.3 is 11.5 Å². The van der Waals surface area contributed by atoms with E-state index in [-0.39, 0.29) is 0 Å². The average molecular weight is 182 g/mol. The molecule has 6 nitrogen and oxygen atoms in total. The first-order valence-corrected chi connectivity index (χ1v) is 4.15. The number of carbonyl (C=O) groups is 1. The highest BCUT2D eigenvalue weighted by Gasteiger charge is 2.34. The number of amides is 1. The van der Waals surface area contributed by atoms with Crippen LogP contribution in [0.2, 0.25) is 0 Å². The molecule has 66 valence electrons. The van der Waals surface area contributed by atoms with Crippen molar-refractivity contribution < 1.29 is 17.8 Å². The molecule has 1 unspecified atom stereocenters. The summed E-state index contributed by atoms with van der Waals surface area (Å²) in [4.78, 5) is 8.24. The summed E-state index contributed by atoms with van der Waals surface area (Å²) in [5.74, 6) is -0.882. The fourth-order valence-corrected chi connectivity index (χ4v) is 0.762. The first kappa shape index (κ1) is 10.3. The number of hydrogen-bond acceptors (Lipinski definition) is 4. The van der Waals surface area contributed by atoms with E-state index in [4.69, 9.17) is 10.3 Å². The smallest absolute Gasteiger partial charge is 0.284 e. The molecule has 0 radical (unpaired) electrons. The lowest BCUT2D eigenvalue weighted by molar-refractivity contribution is -0.118. The van der Waals surface area contributed by atoms with Crippen molar-refractivity contribution in [3.05, 3.63) is 0 Å². The maximum absolute atomic E-state index is 10.4. The summed E-state index contributed by atoms with van der Waals surface area (Å²) in [6.45, 7) is 1.01. The molecule has 0 aliphatic rings. The third-order valence-electron chi connectivity index (χ3n) is 1.11. The van der Waals surface area contributed by atoms with Crippen LogP contribution in [-0.2, 0) is 14.9 Å². The molecule has 7 heteroatoms. The van der Waals surface area contributed by atoms with Gasteiger partial charge in [0.15, 0.2) is 4.87 Å². The minimum absolute atomic E-state index is 0.605. The Morgan fingerprint density at radius 1 is 1.64 bits per heavy atom. The van der Waals surface area contributed by atoms with Gasteiger partial charge in [0.1, 0.15) is 0 Å². The Hall–Kier alpha value is -0.660. The molecule has 0 saturated carbocycles. The summed E-state index contributed by atoms with van der Waals surface area (Å²) in [6, 6.07) is 0. The van der Waals surface area contributed by atoms with Gasteiger partial charge in [0.2, 0.25) is 5.91 Å². The fourth-order valence-electron chi connectivity index (χ4n) is 0.437. The lowest BCUT2D eigenvalue weighted by atomic mass is 10.2. The van der Waals surface area contributed by atoms with E-state index in [9.17, 15) is 13.2 Å². The monoisotopic (exact) mass is 182 g/mol. The van der Waals surface area contributed by atoms with Gasteiger partial charge in [-0.25, -0.2) is 0 Å². The fraction of sp³-hybridized carbons (Fsp3) is 0.750. The van der Waals surface area contributed by atoms with E-state index < -0.39 is 27.3 Å². The zero-order valence-electron chi connectivity index (χ0n) is 5.94. The predicted molar refractivity (Wildman–Crippen MR) is 38.0 cm³/mol. The highest BCUT2D eigenvalue weighted by Crippen LogP contribution is 2.11. The maximum atomic E-state index is 10.4. The van der Waals surface area contributed by atoms with Crippen molar-refractivity contribution in [2.75, 3.05) is 0 Å². The minimum atomic E-state index is -4.42. The maximum Gasteiger partial charge on any atom is 0.284 e. The Labute approximate surface area is 64.3 Å². The summed E-state index contributed by atoms with van der Waals surface area (Å²) in [6.07, 6.45) is -0.605. The molecule has 0 aromatic heterocycles. The van der Waals surface area contributed by atoms with Crippen LogP contribution in [0.15, 0.2) is 0 Å². The molecule has 0 bridgehead atoms. The molecule has 1 atom stereocenters. The van der Waals surface area contributed by atoms with Crippen molar-refractivity contribution in [1.29, 1.82) is 0 Å². The van der Waals surface area contributed by atoms with E-state index in [1.807, 2.05) is 0 Å². The molecule has 0 aromatic rings. The standard InChI is InChI=1S/C4H10N2O4S/c1-4(6,2-3(5)7)11(8,9)10/h2,6H2,1H3,(H2,5,7)(H,8,9,10). The van der Waals surface area contributed by atoms with Gasteiger partial charge in [0, 0.05) is 0 Å². The lowest BCUT2D eigenvalue weighted by Crippen LogP contribution is -2.47. The Morgan fingerprint density at radius 2 is 2.00 bits per heavy atom. The van der Waals surface area contributed by atoms with Crippen LogP contribution in [0.25, 0.3) is 0 Å². The Balaban J connectivity index is 4.62. The Morgan fingerprint density at radius 3 is 2.09 bits per heavy atom. The second-order valence-electron chi connectivity index (χ2n) is 2.43. The van der Waals surface area contributed by atoms with E-state index in [0.29, 0.717) is 0 Å². The van der Waals surface area contributed by atoms with Gasteiger partial charge in [-0.15, -0.1) is 0 Å². The number of rotatable bonds is 3. The summed E-state index contributed by atoms with van der Waals surface area (Å²) < 4.78 is 29.3. The average Bonchev–Trinajstić information content (AvgIpc) is 1.56. The molecule has 0 spiro atoms. The Kier molecular flexibility index (Phi) is 2.60. The van der Waals surface area contributed by atoms with E-state index in [1.165, 1.54) is 0 Å². The zero-order valence-corrected chi connectivity index (χ0v) is 6.76. The second-order valence-corrected chi connectivity index (χ2v) is 4.31. The largest absolute Gasteiger partial charge is 0.370 e. The summed E-state index contributed by atoms with van der Waals surface area (Å²) in [7, 11) is -4.42. The predicted octanol–water partition coefficient (Wildman–Crippen LogP) is -1.58. The van der Waals surface area contributed by atoms with Crippen LogP contribution in [0.5, 0.6) is 0 Å². The SMILES string of the molecule is CC(N)(CC(N)=O)S(=O)(=O)O. The third kappa shape index (κ3) is 2.83. The third-order valence-corrected chi connectivity index (χ3v) is 2.44. The molecule has 0 aliphatic heterocycles. The molecule has 0 rings (SSSR count). The van der Waals surface area contributed by atoms with E-state index in [1.54, 1.807) is 0 Å². The molecule has 0 aliphatic carbocycles. The quantitative estimate of drug-likeness (QED) is 0.454. The molecular weight excluding hydrogens is 172 g/mol. The number of carbonyl (C=O) groups excluding carboxylic acids is 1. The van der Waals surface area contributed by atoms with Crippen LogP contribution < -0.4 is 11.5 Å². The van der Waals surface area contributed by atoms with Gasteiger partial charge in [-0.2, -0.15) is 8.42 Å². The summed E-state index contributed by atoms with van der Waals surface area (Å²) in [5.41, 5.74) is 9.74. The van der Waals surface area contributed by atoms with Crippen molar-refractivity contribution in [2.45, 2.75) is 18.2 Å². The topological polar surface area (TPSA) is 123 Å². The molecule has 0 saturated heterocycles. The van der Waals surface area contributed by atoms with Crippen LogP contribution in [0, 0.1) is 0 Å². The molecular formula is C4H10N2O4S.